The molecule has 0 N–H and O–H groups in total. The number of piperidine rings is 1. The quantitative estimate of drug-likeness (QED) is 0.411. The molecule has 0 unspecified atom stereocenters. The van der Waals surface area contributed by atoms with E-state index in [0.717, 1.165) is 36.3 Å². The molecule has 1 aromatic rings. The first-order valence-corrected chi connectivity index (χ1v) is 9.07. The predicted molar refractivity (Wildman–Crippen MR) is 90.5 cm³/mol. The fourth-order valence-electron chi connectivity index (χ4n) is 3.10. The number of esters is 1. The Bertz CT molecular complexity index is 667. The third-order valence-electron chi connectivity index (χ3n) is 4.64. The van der Waals surface area contributed by atoms with E-state index in [1.165, 1.54) is 0 Å². The lowest BCUT2D eigenvalue weighted by Gasteiger charge is -2.31. The van der Waals surface area contributed by atoms with E-state index in [-0.39, 0.29) is 31.9 Å². The van der Waals surface area contributed by atoms with Gasteiger partial charge in [0.25, 0.3) is 5.91 Å². The van der Waals surface area contributed by atoms with Crippen molar-refractivity contribution in [3.63, 3.8) is 0 Å². The van der Waals surface area contributed by atoms with Gasteiger partial charge in [-0.3, -0.25) is 9.59 Å². The number of unbranched alkanes of at least 4 members (excludes halogenated alkanes) is 2. The van der Waals surface area contributed by atoms with Crippen molar-refractivity contribution in [2.24, 2.45) is 5.92 Å². The normalized spacial score (nSPS) is 15.7. The zero-order valence-electron chi connectivity index (χ0n) is 15.2. The van der Waals surface area contributed by atoms with Gasteiger partial charge >= 0.3 is 12.1 Å². The van der Waals surface area contributed by atoms with Crippen LogP contribution in [0.1, 0.15) is 54.9 Å². The summed E-state index contributed by atoms with van der Waals surface area (Å²) in [6, 6.07) is 2.45. The van der Waals surface area contributed by atoms with Crippen molar-refractivity contribution in [1.29, 1.82) is 0 Å². The van der Waals surface area contributed by atoms with Crippen LogP contribution >= 0.6 is 0 Å². The minimum absolute atomic E-state index is 0.0825. The summed E-state index contributed by atoms with van der Waals surface area (Å²) in [6.07, 6.45) is -1.50. The molecule has 2 rings (SSSR count). The van der Waals surface area contributed by atoms with Crippen molar-refractivity contribution in [3.8, 4) is 0 Å². The summed E-state index contributed by atoms with van der Waals surface area (Å²) in [7, 11) is 0. The first-order valence-electron chi connectivity index (χ1n) is 9.07. The minimum Gasteiger partial charge on any atom is -0.465 e. The number of carbonyl (C=O) groups excluding carboxylic acids is 2. The Balaban J connectivity index is 1.99. The number of rotatable bonds is 6. The van der Waals surface area contributed by atoms with E-state index >= 15 is 0 Å². The Morgan fingerprint density at radius 1 is 1.19 bits per heavy atom. The van der Waals surface area contributed by atoms with Crippen LogP contribution in [0.2, 0.25) is 0 Å². The highest BCUT2D eigenvalue weighted by Gasteiger charge is 2.39. The van der Waals surface area contributed by atoms with Gasteiger partial charge in [-0.2, -0.15) is 13.2 Å². The number of amides is 1. The molecule has 0 atom stereocenters. The first kappa shape index (κ1) is 21.2. The largest absolute Gasteiger partial charge is 0.465 e. The SMILES string of the molecule is CCCCCOC(=O)C1CCN(C(=O)c2c(F)cccc2C(F)(F)F)CC1. The van der Waals surface area contributed by atoms with E-state index < -0.39 is 34.9 Å². The zero-order chi connectivity index (χ0) is 20.0. The number of halogens is 4. The monoisotopic (exact) mass is 389 g/mol. The van der Waals surface area contributed by atoms with Crippen molar-refractivity contribution in [2.75, 3.05) is 19.7 Å². The van der Waals surface area contributed by atoms with Gasteiger partial charge in [-0.25, -0.2) is 4.39 Å². The van der Waals surface area contributed by atoms with Crippen LogP contribution in [0.3, 0.4) is 0 Å². The molecule has 4 nitrogen and oxygen atoms in total. The van der Waals surface area contributed by atoms with E-state index in [4.69, 9.17) is 4.74 Å². The second-order valence-corrected chi connectivity index (χ2v) is 6.60. The van der Waals surface area contributed by atoms with Crippen LogP contribution in [-0.4, -0.2) is 36.5 Å². The van der Waals surface area contributed by atoms with Crippen LogP contribution in [0.5, 0.6) is 0 Å². The van der Waals surface area contributed by atoms with Gasteiger partial charge < -0.3 is 9.64 Å². The number of alkyl halides is 3. The molecule has 1 amide bonds. The second kappa shape index (κ2) is 9.19. The lowest BCUT2D eigenvalue weighted by atomic mass is 9.95. The minimum atomic E-state index is -4.83. The smallest absolute Gasteiger partial charge is 0.417 e. The Labute approximate surface area is 155 Å². The third kappa shape index (κ3) is 5.43. The molecule has 0 saturated carbocycles. The highest BCUT2D eigenvalue weighted by atomic mass is 19.4. The van der Waals surface area contributed by atoms with Gasteiger partial charge in [-0.1, -0.05) is 25.8 Å². The van der Waals surface area contributed by atoms with E-state index in [1.807, 2.05) is 6.92 Å². The van der Waals surface area contributed by atoms with Crippen molar-refractivity contribution < 1.29 is 31.9 Å². The van der Waals surface area contributed by atoms with Crippen molar-refractivity contribution in [2.45, 2.75) is 45.2 Å². The number of hydrogen-bond acceptors (Lipinski definition) is 3. The maximum absolute atomic E-state index is 14.0. The molecule has 0 aromatic heterocycles. The van der Waals surface area contributed by atoms with Gasteiger partial charge in [0.1, 0.15) is 5.82 Å². The van der Waals surface area contributed by atoms with Gasteiger partial charge in [0.05, 0.1) is 23.7 Å². The van der Waals surface area contributed by atoms with Crippen LogP contribution in [0.4, 0.5) is 17.6 Å². The maximum Gasteiger partial charge on any atom is 0.417 e. The Kier molecular flexibility index (Phi) is 7.21. The Hall–Kier alpha value is -2.12. The summed E-state index contributed by atoms with van der Waals surface area (Å²) in [6.45, 7) is 2.54. The maximum atomic E-state index is 14.0. The van der Waals surface area contributed by atoms with Gasteiger partial charge in [-0.15, -0.1) is 0 Å². The fourth-order valence-corrected chi connectivity index (χ4v) is 3.10. The lowest BCUT2D eigenvalue weighted by Crippen LogP contribution is -2.41. The van der Waals surface area contributed by atoms with Gasteiger partial charge in [0, 0.05) is 13.1 Å². The van der Waals surface area contributed by atoms with Crippen LogP contribution in [0.15, 0.2) is 18.2 Å². The lowest BCUT2D eigenvalue weighted by molar-refractivity contribution is -0.150. The molecule has 8 heteroatoms. The van der Waals surface area contributed by atoms with E-state index in [2.05, 4.69) is 0 Å². The number of benzene rings is 1. The molecule has 1 aliphatic heterocycles. The highest BCUT2D eigenvalue weighted by molar-refractivity contribution is 5.96. The number of nitrogens with zero attached hydrogens (tertiary/aromatic N) is 1. The molecule has 0 spiro atoms. The molecule has 1 aromatic carbocycles. The van der Waals surface area contributed by atoms with E-state index in [0.29, 0.717) is 12.7 Å². The van der Waals surface area contributed by atoms with Crippen molar-refractivity contribution >= 4 is 11.9 Å². The second-order valence-electron chi connectivity index (χ2n) is 6.60. The molecule has 27 heavy (non-hydrogen) atoms. The topological polar surface area (TPSA) is 46.6 Å². The summed E-state index contributed by atoms with van der Waals surface area (Å²) in [5.41, 5.74) is -2.25. The van der Waals surface area contributed by atoms with Gasteiger partial charge in [0.2, 0.25) is 0 Å². The standard InChI is InChI=1S/C19H23F4NO3/c1-2-3-4-12-27-18(26)13-8-10-24(11-9-13)17(25)16-14(19(21,22)23)6-5-7-15(16)20/h5-7,13H,2-4,8-12H2,1H3. The first-order chi connectivity index (χ1) is 12.8. The summed E-state index contributed by atoms with van der Waals surface area (Å²) >= 11 is 0. The van der Waals surface area contributed by atoms with Crippen molar-refractivity contribution in [3.05, 3.63) is 35.1 Å². The summed E-state index contributed by atoms with van der Waals surface area (Å²) < 4.78 is 58.5. The molecule has 1 fully saturated rings. The number of ether oxygens (including phenoxy) is 1. The Morgan fingerprint density at radius 3 is 2.44 bits per heavy atom. The average molecular weight is 389 g/mol. The van der Waals surface area contributed by atoms with Gasteiger partial charge in [-0.05, 0) is 31.4 Å². The van der Waals surface area contributed by atoms with Crippen LogP contribution in [-0.2, 0) is 15.7 Å². The molecular formula is C19H23F4NO3. The summed E-state index contributed by atoms with van der Waals surface area (Å²) in [5, 5.41) is 0. The summed E-state index contributed by atoms with van der Waals surface area (Å²) in [5.74, 6) is -2.94. The molecule has 150 valence electrons. The summed E-state index contributed by atoms with van der Waals surface area (Å²) in [4.78, 5) is 25.7. The average Bonchev–Trinajstić information content (AvgIpc) is 2.63. The number of carbonyl (C=O) groups is 2. The van der Waals surface area contributed by atoms with Crippen LogP contribution < -0.4 is 0 Å². The molecule has 1 aliphatic rings. The number of hydrogen-bond donors (Lipinski definition) is 0. The van der Waals surface area contributed by atoms with Crippen LogP contribution in [0, 0.1) is 11.7 Å². The molecule has 0 bridgehead atoms. The molecule has 0 radical (unpaired) electrons. The molecular weight excluding hydrogens is 366 g/mol. The van der Waals surface area contributed by atoms with E-state index in [1.54, 1.807) is 0 Å². The molecule has 1 heterocycles. The fraction of sp³-hybridized carbons (Fsp3) is 0.579. The molecule has 1 saturated heterocycles. The Morgan fingerprint density at radius 2 is 1.85 bits per heavy atom. The highest BCUT2D eigenvalue weighted by Crippen LogP contribution is 2.34. The van der Waals surface area contributed by atoms with E-state index in [9.17, 15) is 27.2 Å². The molecule has 0 aliphatic carbocycles. The zero-order valence-corrected chi connectivity index (χ0v) is 15.2. The third-order valence-corrected chi connectivity index (χ3v) is 4.64. The van der Waals surface area contributed by atoms with Crippen molar-refractivity contribution in [1.82, 2.24) is 4.90 Å². The van der Waals surface area contributed by atoms with Gasteiger partial charge in [0.15, 0.2) is 0 Å². The van der Waals surface area contributed by atoms with Crippen LogP contribution in [0.25, 0.3) is 0 Å². The number of likely N-dealkylation sites (tertiary alicyclic amines) is 1. The predicted octanol–water partition coefficient (Wildman–Crippen LogP) is 4.43.